The lowest BCUT2D eigenvalue weighted by atomic mass is 10.1. The molecule has 1 aromatic carbocycles. The third-order valence-corrected chi connectivity index (χ3v) is 1.47. The lowest BCUT2D eigenvalue weighted by Crippen LogP contribution is -2.04. The Hall–Kier alpha value is -1.32. The molecule has 0 unspecified atom stereocenters. The summed E-state index contributed by atoms with van der Waals surface area (Å²) in [5, 5.41) is 0. The highest BCUT2D eigenvalue weighted by atomic mass is 19.4. The average Bonchev–Trinajstić information content (AvgIpc) is 2.04. The fourth-order valence-electron chi connectivity index (χ4n) is 0.891. The number of hydrogen-bond acceptors (Lipinski definition) is 0. The molecule has 0 saturated carbocycles. The summed E-state index contributed by atoms with van der Waals surface area (Å²) >= 11 is 0. The van der Waals surface area contributed by atoms with Crippen LogP contribution in [0, 0.1) is 0 Å². The van der Waals surface area contributed by atoms with E-state index in [4.69, 9.17) is 0 Å². The van der Waals surface area contributed by atoms with Crippen LogP contribution in [-0.2, 0) is 6.18 Å². The van der Waals surface area contributed by atoms with E-state index in [1.807, 2.05) is 0 Å². The Morgan fingerprint density at radius 3 is 2.38 bits per heavy atom. The molecule has 0 N–H and O–H groups in total. The van der Waals surface area contributed by atoms with Gasteiger partial charge in [0.25, 0.3) is 0 Å². The molecule has 0 fully saturated rings. The minimum absolute atomic E-state index is 0.192. The summed E-state index contributed by atoms with van der Waals surface area (Å²) in [6.07, 6.45) is -3.20. The van der Waals surface area contributed by atoms with Crippen molar-refractivity contribution in [3.05, 3.63) is 41.7 Å². The second-order valence-electron chi connectivity index (χ2n) is 2.42. The first-order valence-electron chi connectivity index (χ1n) is 3.48. The molecule has 0 aliphatic carbocycles. The first-order valence-corrected chi connectivity index (χ1v) is 3.48. The summed E-state index contributed by atoms with van der Waals surface area (Å²) in [6.45, 7) is 0. The van der Waals surface area contributed by atoms with Crippen molar-refractivity contribution in [2.24, 2.45) is 0 Å². The van der Waals surface area contributed by atoms with Gasteiger partial charge in [-0.1, -0.05) is 12.1 Å². The predicted octanol–water partition coefficient (Wildman–Crippen LogP) is 3.65. The summed E-state index contributed by atoms with van der Waals surface area (Å²) in [6, 6.07) is 4.45. The van der Waals surface area contributed by atoms with Crippen molar-refractivity contribution in [3.63, 3.8) is 0 Å². The lowest BCUT2D eigenvalue weighted by Gasteiger charge is -2.06. The van der Waals surface area contributed by atoms with Gasteiger partial charge in [0.05, 0.1) is 11.9 Å². The van der Waals surface area contributed by atoms with Crippen LogP contribution in [0.15, 0.2) is 30.6 Å². The van der Waals surface area contributed by atoms with Crippen LogP contribution >= 0.6 is 0 Å². The molecule has 0 saturated heterocycles. The van der Waals surface area contributed by atoms with Crippen molar-refractivity contribution in [2.75, 3.05) is 0 Å². The summed E-state index contributed by atoms with van der Waals surface area (Å²) in [4.78, 5) is 0. The van der Waals surface area contributed by atoms with E-state index in [1.54, 1.807) is 0 Å². The van der Waals surface area contributed by atoms with Crippen LogP contribution in [0.4, 0.5) is 17.6 Å². The molecule has 0 amide bonds. The monoisotopic (exact) mass is 190 g/mol. The zero-order valence-electron chi connectivity index (χ0n) is 6.48. The SMILES string of the molecule is FC=Cc1cccc(C(F)(F)F)c1. The molecule has 0 aliphatic heterocycles. The Balaban J connectivity index is 3.05. The molecule has 70 valence electrons. The average molecular weight is 190 g/mol. The lowest BCUT2D eigenvalue weighted by molar-refractivity contribution is -0.137. The van der Waals surface area contributed by atoms with Gasteiger partial charge < -0.3 is 0 Å². The van der Waals surface area contributed by atoms with E-state index in [2.05, 4.69) is 0 Å². The van der Waals surface area contributed by atoms with Crippen molar-refractivity contribution in [1.29, 1.82) is 0 Å². The topological polar surface area (TPSA) is 0 Å². The highest BCUT2D eigenvalue weighted by Gasteiger charge is 2.30. The maximum atomic E-state index is 12.1. The van der Waals surface area contributed by atoms with Crippen molar-refractivity contribution >= 4 is 6.08 Å². The van der Waals surface area contributed by atoms with E-state index in [9.17, 15) is 17.6 Å². The number of hydrogen-bond donors (Lipinski definition) is 0. The summed E-state index contributed by atoms with van der Waals surface area (Å²) in [7, 11) is 0. The van der Waals surface area contributed by atoms with E-state index < -0.39 is 11.7 Å². The second-order valence-corrected chi connectivity index (χ2v) is 2.42. The van der Waals surface area contributed by atoms with Gasteiger partial charge in [0.2, 0.25) is 0 Å². The minimum Gasteiger partial charge on any atom is -0.216 e. The van der Waals surface area contributed by atoms with Crippen LogP contribution < -0.4 is 0 Å². The molecule has 0 aliphatic rings. The molecule has 0 spiro atoms. The Labute approximate surface area is 72.5 Å². The van der Waals surface area contributed by atoms with Crippen molar-refractivity contribution in [1.82, 2.24) is 0 Å². The van der Waals surface area contributed by atoms with Gasteiger partial charge in [0.15, 0.2) is 0 Å². The molecule has 1 rings (SSSR count). The Kier molecular flexibility index (Phi) is 2.70. The van der Waals surface area contributed by atoms with Gasteiger partial charge in [-0.15, -0.1) is 0 Å². The van der Waals surface area contributed by atoms with Crippen LogP contribution in [0.25, 0.3) is 6.08 Å². The minimum atomic E-state index is -4.37. The Bertz CT molecular complexity index is 312. The molecule has 0 bridgehead atoms. The van der Waals surface area contributed by atoms with Crippen LogP contribution in [-0.4, -0.2) is 0 Å². The fourth-order valence-corrected chi connectivity index (χ4v) is 0.891. The third kappa shape index (κ3) is 2.57. The Morgan fingerprint density at radius 1 is 1.15 bits per heavy atom. The van der Waals surface area contributed by atoms with Gasteiger partial charge in [-0.25, -0.2) is 4.39 Å². The van der Waals surface area contributed by atoms with E-state index in [0.29, 0.717) is 0 Å². The van der Waals surface area contributed by atoms with Crippen molar-refractivity contribution < 1.29 is 17.6 Å². The van der Waals surface area contributed by atoms with Crippen LogP contribution in [0.2, 0.25) is 0 Å². The first-order chi connectivity index (χ1) is 6.04. The number of benzene rings is 1. The van der Waals surface area contributed by atoms with Gasteiger partial charge in [-0.2, -0.15) is 13.2 Å². The summed E-state index contributed by atoms with van der Waals surface area (Å²) in [5.74, 6) is 0. The predicted molar refractivity (Wildman–Crippen MR) is 41.6 cm³/mol. The normalized spacial score (nSPS) is 12.3. The summed E-state index contributed by atoms with van der Waals surface area (Å²) in [5.41, 5.74) is -0.583. The quantitative estimate of drug-likeness (QED) is 0.593. The maximum Gasteiger partial charge on any atom is 0.416 e. The standard InChI is InChI=1S/C9H6F4/c10-5-4-7-2-1-3-8(6-7)9(11,12)13/h1-6H. The van der Waals surface area contributed by atoms with E-state index >= 15 is 0 Å². The largest absolute Gasteiger partial charge is 0.416 e. The molecule has 4 heteroatoms. The van der Waals surface area contributed by atoms with E-state index in [1.165, 1.54) is 12.1 Å². The van der Waals surface area contributed by atoms with E-state index in [-0.39, 0.29) is 11.9 Å². The molecular formula is C9H6F4. The molecule has 0 aromatic heterocycles. The number of alkyl halides is 3. The van der Waals surface area contributed by atoms with Gasteiger partial charge in [0.1, 0.15) is 0 Å². The molecule has 0 radical (unpaired) electrons. The highest BCUT2D eigenvalue weighted by Crippen LogP contribution is 2.29. The van der Waals surface area contributed by atoms with Crippen LogP contribution in [0.1, 0.15) is 11.1 Å². The molecule has 0 nitrogen and oxygen atoms in total. The van der Waals surface area contributed by atoms with Gasteiger partial charge in [0, 0.05) is 0 Å². The highest BCUT2D eigenvalue weighted by molar-refractivity contribution is 5.49. The van der Waals surface area contributed by atoms with Crippen molar-refractivity contribution in [2.45, 2.75) is 6.18 Å². The zero-order chi connectivity index (χ0) is 9.90. The number of rotatable bonds is 1. The van der Waals surface area contributed by atoms with Gasteiger partial charge >= 0.3 is 6.18 Å². The molecule has 0 heterocycles. The second kappa shape index (κ2) is 3.60. The Morgan fingerprint density at radius 2 is 1.85 bits per heavy atom. The van der Waals surface area contributed by atoms with E-state index in [0.717, 1.165) is 18.2 Å². The van der Waals surface area contributed by atoms with Gasteiger partial charge in [-0.05, 0) is 23.8 Å². The van der Waals surface area contributed by atoms with Gasteiger partial charge in [-0.3, -0.25) is 0 Å². The summed E-state index contributed by atoms with van der Waals surface area (Å²) < 4.78 is 47.9. The van der Waals surface area contributed by atoms with Crippen molar-refractivity contribution in [3.8, 4) is 0 Å². The molecular weight excluding hydrogens is 184 g/mol. The maximum absolute atomic E-state index is 12.1. The third-order valence-electron chi connectivity index (χ3n) is 1.47. The van der Waals surface area contributed by atoms with Crippen LogP contribution in [0.5, 0.6) is 0 Å². The smallest absolute Gasteiger partial charge is 0.216 e. The first kappa shape index (κ1) is 9.77. The molecule has 1 aromatic rings. The fraction of sp³-hybridized carbons (Fsp3) is 0.111. The van der Waals surface area contributed by atoms with Crippen LogP contribution in [0.3, 0.4) is 0 Å². The number of halogens is 4. The molecule has 13 heavy (non-hydrogen) atoms. The molecule has 0 atom stereocenters. The zero-order valence-corrected chi connectivity index (χ0v) is 6.48.